The lowest BCUT2D eigenvalue weighted by Gasteiger charge is -2.12. The second-order valence-corrected chi connectivity index (χ2v) is 5.84. The van der Waals surface area contributed by atoms with E-state index in [4.69, 9.17) is 9.47 Å². The maximum atomic E-state index is 12.4. The molecule has 0 aliphatic rings. The van der Waals surface area contributed by atoms with Crippen molar-refractivity contribution in [1.82, 2.24) is 0 Å². The number of aryl methyl sites for hydroxylation is 1. The van der Waals surface area contributed by atoms with Gasteiger partial charge >= 0.3 is 11.9 Å². The summed E-state index contributed by atoms with van der Waals surface area (Å²) in [6, 6.07) is 21.0. The van der Waals surface area contributed by atoms with E-state index in [0.29, 0.717) is 28.2 Å². The fourth-order valence-electron chi connectivity index (χ4n) is 2.51. The molecule has 0 saturated carbocycles. The van der Waals surface area contributed by atoms with Crippen LogP contribution in [0.4, 0.5) is 0 Å². The van der Waals surface area contributed by atoms with Crippen molar-refractivity contribution in [1.29, 1.82) is 0 Å². The molecule has 0 saturated heterocycles. The van der Waals surface area contributed by atoms with Gasteiger partial charge in [0.25, 0.3) is 0 Å². The molecule has 4 nitrogen and oxygen atoms in total. The summed E-state index contributed by atoms with van der Waals surface area (Å²) in [5.41, 5.74) is 2.37. The first-order valence-electron chi connectivity index (χ1n) is 8.21. The minimum atomic E-state index is -0.462. The number of carbonyl (C=O) groups is 2. The second kappa shape index (κ2) is 7.66. The topological polar surface area (TPSA) is 52.6 Å². The van der Waals surface area contributed by atoms with Gasteiger partial charge in [-0.1, -0.05) is 42.5 Å². The Labute approximate surface area is 152 Å². The molecule has 0 bridgehead atoms. The summed E-state index contributed by atoms with van der Waals surface area (Å²) in [7, 11) is 0. The van der Waals surface area contributed by atoms with Crippen molar-refractivity contribution in [2.75, 3.05) is 0 Å². The Kier molecular flexibility index (Phi) is 5.13. The van der Waals surface area contributed by atoms with Crippen molar-refractivity contribution in [3.63, 3.8) is 0 Å². The van der Waals surface area contributed by atoms with Gasteiger partial charge in [-0.2, -0.15) is 0 Å². The standard InChI is InChI=1S/C22H18O4/c1-15-9-6-7-12-18(15)22(24)26-20-14-8-13-19(16(20)2)25-21(23)17-10-4-3-5-11-17/h3-14H,1-2H3. The largest absolute Gasteiger partial charge is 0.423 e. The van der Waals surface area contributed by atoms with Gasteiger partial charge in [-0.15, -0.1) is 0 Å². The summed E-state index contributed by atoms with van der Waals surface area (Å²) in [6.07, 6.45) is 0. The van der Waals surface area contributed by atoms with E-state index in [2.05, 4.69) is 0 Å². The van der Waals surface area contributed by atoms with Crippen molar-refractivity contribution in [3.8, 4) is 11.5 Å². The summed E-state index contributed by atoms with van der Waals surface area (Å²) in [6.45, 7) is 3.59. The van der Waals surface area contributed by atoms with Gasteiger partial charge in [-0.25, -0.2) is 9.59 Å². The quantitative estimate of drug-likeness (QED) is 0.506. The molecule has 0 aliphatic heterocycles. The summed E-state index contributed by atoms with van der Waals surface area (Å²) in [5.74, 6) is -0.195. The summed E-state index contributed by atoms with van der Waals surface area (Å²) < 4.78 is 11.0. The van der Waals surface area contributed by atoms with E-state index >= 15 is 0 Å². The third-order valence-corrected chi connectivity index (χ3v) is 4.01. The second-order valence-electron chi connectivity index (χ2n) is 5.84. The highest BCUT2D eigenvalue weighted by Crippen LogP contribution is 2.29. The smallest absolute Gasteiger partial charge is 0.343 e. The predicted octanol–water partition coefficient (Wildman–Crippen LogP) is 4.74. The molecule has 3 aromatic carbocycles. The highest BCUT2D eigenvalue weighted by Gasteiger charge is 2.16. The van der Waals surface area contributed by atoms with Crippen LogP contribution in [0.15, 0.2) is 72.8 Å². The molecule has 3 aromatic rings. The first kappa shape index (κ1) is 17.4. The minimum Gasteiger partial charge on any atom is -0.423 e. The van der Waals surface area contributed by atoms with Gasteiger partial charge in [-0.05, 0) is 49.7 Å². The van der Waals surface area contributed by atoms with Crippen LogP contribution in [0.5, 0.6) is 11.5 Å². The van der Waals surface area contributed by atoms with Gasteiger partial charge in [0.05, 0.1) is 11.1 Å². The van der Waals surface area contributed by atoms with Crippen LogP contribution in [0.2, 0.25) is 0 Å². The third kappa shape index (κ3) is 3.81. The van der Waals surface area contributed by atoms with Crippen molar-refractivity contribution in [2.24, 2.45) is 0 Å². The number of hydrogen-bond donors (Lipinski definition) is 0. The zero-order valence-electron chi connectivity index (χ0n) is 14.6. The van der Waals surface area contributed by atoms with Gasteiger partial charge in [0.1, 0.15) is 11.5 Å². The van der Waals surface area contributed by atoms with E-state index in [1.807, 2.05) is 25.1 Å². The van der Waals surface area contributed by atoms with E-state index in [9.17, 15) is 9.59 Å². The number of hydrogen-bond acceptors (Lipinski definition) is 4. The maximum Gasteiger partial charge on any atom is 0.343 e. The molecular weight excluding hydrogens is 328 g/mol. The average molecular weight is 346 g/mol. The van der Waals surface area contributed by atoms with E-state index in [-0.39, 0.29) is 0 Å². The van der Waals surface area contributed by atoms with Crippen LogP contribution in [0.1, 0.15) is 31.8 Å². The number of esters is 2. The van der Waals surface area contributed by atoms with Crippen molar-refractivity contribution in [3.05, 3.63) is 95.1 Å². The molecule has 3 rings (SSSR count). The Morgan fingerprint density at radius 1 is 0.654 bits per heavy atom. The predicted molar refractivity (Wildman–Crippen MR) is 98.7 cm³/mol. The van der Waals surface area contributed by atoms with Gasteiger partial charge in [0, 0.05) is 5.56 Å². The Morgan fingerprint density at radius 2 is 1.23 bits per heavy atom. The van der Waals surface area contributed by atoms with Crippen molar-refractivity contribution < 1.29 is 19.1 Å². The zero-order chi connectivity index (χ0) is 18.5. The van der Waals surface area contributed by atoms with Gasteiger partial charge in [-0.3, -0.25) is 0 Å². The molecule has 0 unspecified atom stereocenters. The molecule has 130 valence electrons. The lowest BCUT2D eigenvalue weighted by atomic mass is 10.1. The Hall–Kier alpha value is -3.40. The number of rotatable bonds is 4. The minimum absolute atomic E-state index is 0.355. The number of ether oxygens (including phenoxy) is 2. The first-order chi connectivity index (χ1) is 12.6. The lowest BCUT2D eigenvalue weighted by Crippen LogP contribution is -2.12. The van der Waals surface area contributed by atoms with Crippen LogP contribution < -0.4 is 9.47 Å². The monoisotopic (exact) mass is 346 g/mol. The zero-order valence-corrected chi connectivity index (χ0v) is 14.6. The Balaban J connectivity index is 1.80. The highest BCUT2D eigenvalue weighted by molar-refractivity contribution is 5.93. The summed E-state index contributed by atoms with van der Waals surface area (Å²) >= 11 is 0. The lowest BCUT2D eigenvalue weighted by molar-refractivity contribution is 0.0730. The van der Waals surface area contributed by atoms with Crippen molar-refractivity contribution >= 4 is 11.9 Å². The summed E-state index contributed by atoms with van der Waals surface area (Å²) in [5, 5.41) is 0. The fraction of sp³-hybridized carbons (Fsp3) is 0.0909. The van der Waals surface area contributed by atoms with E-state index in [0.717, 1.165) is 5.56 Å². The van der Waals surface area contributed by atoms with Gasteiger partial charge in [0.2, 0.25) is 0 Å². The average Bonchev–Trinajstić information content (AvgIpc) is 2.66. The number of benzene rings is 3. The summed E-state index contributed by atoms with van der Waals surface area (Å²) in [4.78, 5) is 24.6. The van der Waals surface area contributed by atoms with Crippen LogP contribution in [0.25, 0.3) is 0 Å². The van der Waals surface area contributed by atoms with E-state index in [1.165, 1.54) is 0 Å². The molecule has 4 heteroatoms. The molecule has 0 aliphatic carbocycles. The molecule has 0 radical (unpaired) electrons. The highest BCUT2D eigenvalue weighted by atomic mass is 16.5. The van der Waals surface area contributed by atoms with Crippen LogP contribution in [-0.2, 0) is 0 Å². The molecular formula is C22H18O4. The van der Waals surface area contributed by atoms with Crippen LogP contribution in [0.3, 0.4) is 0 Å². The van der Waals surface area contributed by atoms with Crippen LogP contribution in [-0.4, -0.2) is 11.9 Å². The molecule has 0 N–H and O–H groups in total. The number of carbonyl (C=O) groups excluding carboxylic acids is 2. The molecule has 0 heterocycles. The Morgan fingerprint density at radius 3 is 1.88 bits per heavy atom. The Bertz CT molecular complexity index is 945. The molecule has 26 heavy (non-hydrogen) atoms. The van der Waals surface area contributed by atoms with E-state index in [1.54, 1.807) is 61.5 Å². The molecule has 0 atom stereocenters. The maximum absolute atomic E-state index is 12.4. The third-order valence-electron chi connectivity index (χ3n) is 4.01. The van der Waals surface area contributed by atoms with Crippen LogP contribution >= 0.6 is 0 Å². The molecule has 0 spiro atoms. The first-order valence-corrected chi connectivity index (χ1v) is 8.21. The van der Waals surface area contributed by atoms with Gasteiger partial charge in [0.15, 0.2) is 0 Å². The van der Waals surface area contributed by atoms with Crippen LogP contribution in [0, 0.1) is 13.8 Å². The van der Waals surface area contributed by atoms with E-state index < -0.39 is 11.9 Å². The molecule has 0 fully saturated rings. The van der Waals surface area contributed by atoms with Gasteiger partial charge < -0.3 is 9.47 Å². The van der Waals surface area contributed by atoms with Crippen molar-refractivity contribution in [2.45, 2.75) is 13.8 Å². The molecule has 0 aromatic heterocycles. The fourth-order valence-corrected chi connectivity index (χ4v) is 2.51. The SMILES string of the molecule is Cc1ccccc1C(=O)Oc1cccc(OC(=O)c2ccccc2)c1C. The molecule has 0 amide bonds. The normalized spacial score (nSPS) is 10.2.